The van der Waals surface area contributed by atoms with Gasteiger partial charge in [-0.25, -0.2) is 0 Å². The quantitative estimate of drug-likeness (QED) is 0.733. The van der Waals surface area contributed by atoms with E-state index in [0.717, 1.165) is 5.56 Å². The van der Waals surface area contributed by atoms with Crippen molar-refractivity contribution < 1.29 is 20.1 Å². The number of rotatable bonds is 1. The Morgan fingerprint density at radius 1 is 1.05 bits per heavy atom. The Hall–Kier alpha value is -2.20. The Morgan fingerprint density at radius 2 is 1.79 bits per heavy atom. The fraction of sp³-hybridized carbons (Fsp3) is 0.200. The summed E-state index contributed by atoms with van der Waals surface area (Å²) in [6, 6.07) is 12.1. The van der Waals surface area contributed by atoms with Crippen molar-refractivity contribution in [1.29, 1.82) is 0 Å². The topological polar surface area (TPSA) is 69.9 Å². The van der Waals surface area contributed by atoms with Gasteiger partial charge in [-0.3, -0.25) is 0 Å². The van der Waals surface area contributed by atoms with Crippen LogP contribution in [-0.2, 0) is 6.42 Å². The summed E-state index contributed by atoms with van der Waals surface area (Å²) in [7, 11) is 0. The van der Waals surface area contributed by atoms with E-state index in [-0.39, 0.29) is 11.5 Å². The summed E-state index contributed by atoms with van der Waals surface area (Å²) in [5.74, 6) is 0.302. The summed E-state index contributed by atoms with van der Waals surface area (Å²) in [5.41, 5.74) is 1.39. The lowest BCUT2D eigenvalue weighted by atomic mass is 9.94. The zero-order chi connectivity index (χ0) is 13.4. The molecule has 0 aromatic heterocycles. The largest absolute Gasteiger partial charge is 0.508 e. The lowest BCUT2D eigenvalue weighted by molar-refractivity contribution is 0.0198. The van der Waals surface area contributed by atoms with Crippen LogP contribution in [0.25, 0.3) is 0 Å². The molecular formula is C15H14O4. The van der Waals surface area contributed by atoms with E-state index in [9.17, 15) is 15.3 Å². The van der Waals surface area contributed by atoms with Gasteiger partial charge >= 0.3 is 0 Å². The minimum Gasteiger partial charge on any atom is -0.508 e. The van der Waals surface area contributed by atoms with E-state index >= 15 is 0 Å². The molecule has 2 aromatic rings. The molecule has 1 aliphatic heterocycles. The van der Waals surface area contributed by atoms with Crippen molar-refractivity contribution in [2.75, 3.05) is 0 Å². The van der Waals surface area contributed by atoms with Crippen molar-refractivity contribution in [3.05, 3.63) is 53.6 Å². The van der Waals surface area contributed by atoms with E-state index in [4.69, 9.17) is 4.74 Å². The van der Waals surface area contributed by atoms with E-state index in [1.807, 2.05) is 30.3 Å². The number of fused-ring (bicyclic) bond motifs is 1. The second-order valence-corrected chi connectivity index (χ2v) is 4.66. The van der Waals surface area contributed by atoms with Gasteiger partial charge in [0.1, 0.15) is 23.4 Å². The van der Waals surface area contributed by atoms with Crippen LogP contribution >= 0.6 is 0 Å². The maximum atomic E-state index is 10.2. The first-order valence-electron chi connectivity index (χ1n) is 6.09. The van der Waals surface area contributed by atoms with E-state index < -0.39 is 12.2 Å². The number of aliphatic hydroxyl groups excluding tert-OH is 1. The number of hydrogen-bond acceptors (Lipinski definition) is 4. The Bertz CT molecular complexity index is 595. The van der Waals surface area contributed by atoms with Crippen molar-refractivity contribution in [2.24, 2.45) is 0 Å². The highest BCUT2D eigenvalue weighted by molar-refractivity contribution is 5.51. The van der Waals surface area contributed by atoms with Crippen LogP contribution in [0.2, 0.25) is 0 Å². The number of benzene rings is 2. The zero-order valence-corrected chi connectivity index (χ0v) is 10.2. The van der Waals surface area contributed by atoms with Crippen molar-refractivity contribution >= 4 is 0 Å². The molecule has 0 radical (unpaired) electrons. The van der Waals surface area contributed by atoms with E-state index in [0.29, 0.717) is 17.7 Å². The molecule has 0 amide bonds. The third kappa shape index (κ3) is 2.11. The molecular weight excluding hydrogens is 244 g/mol. The van der Waals surface area contributed by atoms with Gasteiger partial charge in [0.25, 0.3) is 0 Å². The van der Waals surface area contributed by atoms with Gasteiger partial charge in [0.2, 0.25) is 0 Å². The Balaban J connectivity index is 2.00. The van der Waals surface area contributed by atoms with Crippen LogP contribution in [0.1, 0.15) is 17.2 Å². The SMILES string of the molecule is Oc1cc(O)c2c(c1)O[C@H](c1ccccc1)[C@@H](O)C2. The predicted molar refractivity (Wildman–Crippen MR) is 69.3 cm³/mol. The number of phenolic OH excluding ortho intramolecular Hbond substituents is 2. The third-order valence-electron chi connectivity index (χ3n) is 3.31. The molecule has 2 atom stereocenters. The second kappa shape index (κ2) is 4.48. The molecule has 0 spiro atoms. The van der Waals surface area contributed by atoms with E-state index in [1.165, 1.54) is 12.1 Å². The highest BCUT2D eigenvalue weighted by Gasteiger charge is 2.31. The van der Waals surface area contributed by atoms with Crippen LogP contribution in [0.4, 0.5) is 0 Å². The Kier molecular flexibility index (Phi) is 2.80. The number of ether oxygens (including phenoxy) is 1. The first-order chi connectivity index (χ1) is 9.15. The Morgan fingerprint density at radius 3 is 2.53 bits per heavy atom. The van der Waals surface area contributed by atoms with Crippen LogP contribution in [0.3, 0.4) is 0 Å². The summed E-state index contributed by atoms with van der Waals surface area (Å²) in [6.45, 7) is 0. The molecule has 0 saturated heterocycles. The molecule has 98 valence electrons. The van der Waals surface area contributed by atoms with Gasteiger partial charge in [-0.1, -0.05) is 30.3 Å². The van der Waals surface area contributed by atoms with Crippen molar-refractivity contribution in [3.8, 4) is 17.2 Å². The van der Waals surface area contributed by atoms with Crippen LogP contribution in [0.5, 0.6) is 17.2 Å². The molecule has 0 saturated carbocycles. The number of phenols is 2. The molecule has 4 nitrogen and oxygen atoms in total. The van der Waals surface area contributed by atoms with Gasteiger partial charge in [-0.2, -0.15) is 0 Å². The predicted octanol–water partition coefficient (Wildman–Crippen LogP) is 2.13. The van der Waals surface area contributed by atoms with Crippen LogP contribution in [-0.4, -0.2) is 21.4 Å². The molecule has 3 N–H and O–H groups in total. The van der Waals surface area contributed by atoms with Crippen molar-refractivity contribution in [2.45, 2.75) is 18.6 Å². The molecule has 0 aliphatic carbocycles. The maximum Gasteiger partial charge on any atom is 0.150 e. The highest BCUT2D eigenvalue weighted by Crippen LogP contribution is 2.41. The summed E-state index contributed by atoms with van der Waals surface area (Å²) in [6.07, 6.45) is -0.929. The second-order valence-electron chi connectivity index (χ2n) is 4.66. The average Bonchev–Trinajstić information content (AvgIpc) is 2.40. The summed E-state index contributed by atoms with van der Waals surface area (Å²) in [5, 5.41) is 29.4. The molecule has 4 heteroatoms. The molecule has 0 fully saturated rings. The fourth-order valence-corrected chi connectivity index (χ4v) is 2.39. The number of aromatic hydroxyl groups is 2. The van der Waals surface area contributed by atoms with E-state index in [2.05, 4.69) is 0 Å². The molecule has 0 unspecified atom stereocenters. The van der Waals surface area contributed by atoms with Crippen LogP contribution < -0.4 is 4.74 Å². The molecule has 1 aliphatic rings. The molecule has 19 heavy (non-hydrogen) atoms. The van der Waals surface area contributed by atoms with Crippen LogP contribution in [0, 0.1) is 0 Å². The maximum absolute atomic E-state index is 10.2. The smallest absolute Gasteiger partial charge is 0.150 e. The monoisotopic (exact) mass is 258 g/mol. The van der Waals surface area contributed by atoms with Gasteiger partial charge in [-0.05, 0) is 5.56 Å². The van der Waals surface area contributed by atoms with Crippen LogP contribution in [0.15, 0.2) is 42.5 Å². The molecule has 2 aromatic carbocycles. The van der Waals surface area contributed by atoms with Crippen molar-refractivity contribution in [3.63, 3.8) is 0 Å². The highest BCUT2D eigenvalue weighted by atomic mass is 16.5. The fourth-order valence-electron chi connectivity index (χ4n) is 2.39. The Labute approximate surface area is 110 Å². The van der Waals surface area contributed by atoms with E-state index in [1.54, 1.807) is 0 Å². The normalized spacial score (nSPS) is 21.5. The minimum absolute atomic E-state index is 0.0550. The lowest BCUT2D eigenvalue weighted by Crippen LogP contribution is -2.30. The summed E-state index contributed by atoms with van der Waals surface area (Å²) >= 11 is 0. The first-order valence-corrected chi connectivity index (χ1v) is 6.09. The molecule has 3 rings (SSSR count). The van der Waals surface area contributed by atoms with Crippen molar-refractivity contribution in [1.82, 2.24) is 0 Å². The zero-order valence-electron chi connectivity index (χ0n) is 10.2. The molecule has 1 heterocycles. The lowest BCUT2D eigenvalue weighted by Gasteiger charge is -2.31. The first kappa shape index (κ1) is 11.9. The van der Waals surface area contributed by atoms with Gasteiger partial charge in [-0.15, -0.1) is 0 Å². The average molecular weight is 258 g/mol. The summed E-state index contributed by atoms with van der Waals surface area (Å²) in [4.78, 5) is 0. The number of aliphatic hydroxyl groups is 1. The van der Waals surface area contributed by atoms with Gasteiger partial charge in [0.05, 0.1) is 6.10 Å². The summed E-state index contributed by atoms with van der Waals surface area (Å²) < 4.78 is 5.72. The van der Waals surface area contributed by atoms with Gasteiger partial charge < -0.3 is 20.1 Å². The van der Waals surface area contributed by atoms with Gasteiger partial charge in [0, 0.05) is 24.1 Å². The third-order valence-corrected chi connectivity index (χ3v) is 3.31. The molecule has 0 bridgehead atoms. The number of hydrogen-bond donors (Lipinski definition) is 3. The van der Waals surface area contributed by atoms with Gasteiger partial charge in [0.15, 0.2) is 0 Å². The minimum atomic E-state index is -0.731. The standard InChI is InChI=1S/C15H14O4/c16-10-6-12(17)11-8-13(18)15(19-14(11)7-10)9-4-2-1-3-5-9/h1-7,13,15-18H,8H2/t13-,15+/m0/s1.